The van der Waals surface area contributed by atoms with Crippen LogP contribution in [0, 0.1) is 6.92 Å². The molecular weight excluding hydrogens is 514 g/mol. The molecule has 0 bridgehead atoms. The van der Waals surface area contributed by atoms with Crippen molar-refractivity contribution < 1.29 is 29.3 Å². The Bertz CT molecular complexity index is 1290. The molecule has 200 valence electrons. The molecule has 1 aliphatic rings. The number of likely N-dealkylation sites (tertiary alicyclic amines) is 1. The Morgan fingerprint density at radius 1 is 1.21 bits per heavy atom. The lowest BCUT2D eigenvalue weighted by atomic mass is 10.0. The van der Waals surface area contributed by atoms with Gasteiger partial charge in [-0.3, -0.25) is 10.1 Å². The van der Waals surface area contributed by atoms with Crippen molar-refractivity contribution in [1.82, 2.24) is 20.2 Å². The summed E-state index contributed by atoms with van der Waals surface area (Å²) in [5, 5.41) is 26.3. The number of nitrogens with one attached hydrogen (secondary N) is 3. The number of nitrogens with zero attached hydrogens (tertiary/aromatic N) is 2. The van der Waals surface area contributed by atoms with E-state index in [0.29, 0.717) is 16.5 Å². The number of aliphatic carboxylic acids is 1. The first kappa shape index (κ1) is 27.0. The van der Waals surface area contributed by atoms with Crippen molar-refractivity contribution in [2.75, 3.05) is 11.9 Å². The summed E-state index contributed by atoms with van der Waals surface area (Å²) in [7, 11) is 0. The van der Waals surface area contributed by atoms with Crippen LogP contribution in [0.15, 0.2) is 60.8 Å². The number of aliphatic hydroxyl groups is 1. The summed E-state index contributed by atoms with van der Waals surface area (Å²) >= 11 is 6.01. The number of benzene rings is 2. The van der Waals surface area contributed by atoms with Crippen LogP contribution in [0.4, 0.5) is 10.7 Å². The molecule has 3 aromatic rings. The Hall–Kier alpha value is -4.09. The number of imidazole rings is 1. The number of carboxylic acid groups (broad SMARTS) is 1. The minimum atomic E-state index is -1.66. The van der Waals surface area contributed by atoms with E-state index in [0.717, 1.165) is 10.5 Å². The lowest BCUT2D eigenvalue weighted by Crippen LogP contribution is -2.55. The number of amides is 3. The molecule has 5 N–H and O–H groups in total. The van der Waals surface area contributed by atoms with Crippen molar-refractivity contribution >= 4 is 35.5 Å². The number of aromatic amines is 1. The first-order valence-corrected chi connectivity index (χ1v) is 12.3. The SMILES string of the molecule is Cc1cnc(NC(=O)C(O)C(Cc2ccccc2)NC(=O)N2C[C@H](Oc3cccc(Cl)c3)C[C@H]2C(=O)O)[nH]1. The first-order chi connectivity index (χ1) is 18.2. The zero-order valence-corrected chi connectivity index (χ0v) is 21.3. The second kappa shape index (κ2) is 12.0. The Kier molecular flexibility index (Phi) is 8.49. The molecule has 1 saturated heterocycles. The van der Waals surface area contributed by atoms with Crippen molar-refractivity contribution in [2.24, 2.45) is 0 Å². The van der Waals surface area contributed by atoms with Gasteiger partial charge in [0.15, 0.2) is 6.10 Å². The molecule has 0 saturated carbocycles. The summed E-state index contributed by atoms with van der Waals surface area (Å²) in [5.74, 6) is -1.36. The maximum absolute atomic E-state index is 13.3. The highest BCUT2D eigenvalue weighted by Gasteiger charge is 2.42. The van der Waals surface area contributed by atoms with Gasteiger partial charge in [0, 0.05) is 23.3 Å². The Labute approximate surface area is 223 Å². The number of ether oxygens (including phenoxy) is 1. The topological polar surface area (TPSA) is 157 Å². The quantitative estimate of drug-likeness (QED) is 0.278. The van der Waals surface area contributed by atoms with E-state index in [-0.39, 0.29) is 25.3 Å². The van der Waals surface area contributed by atoms with Crippen LogP contribution < -0.4 is 15.4 Å². The number of carboxylic acids is 1. The highest BCUT2D eigenvalue weighted by atomic mass is 35.5. The number of H-pyrrole nitrogens is 1. The monoisotopic (exact) mass is 541 g/mol. The van der Waals surface area contributed by atoms with Crippen LogP contribution in [0.3, 0.4) is 0 Å². The number of aromatic nitrogens is 2. The molecule has 2 heterocycles. The Morgan fingerprint density at radius 2 is 1.97 bits per heavy atom. The molecule has 0 radical (unpaired) electrons. The standard InChI is InChI=1S/C26H28ClN5O6/c1-15-13-28-25(29-15)31-23(34)22(33)20(10-16-6-3-2-4-7-16)30-26(37)32-14-19(12-21(32)24(35)36)38-18-9-5-8-17(27)11-18/h2-9,11,13,19-22,33H,10,12,14H2,1H3,(H,30,37)(H,35,36)(H2,28,29,31,34)/t19-,20?,21+,22?/m1/s1. The minimum Gasteiger partial charge on any atom is -0.488 e. The van der Waals surface area contributed by atoms with Gasteiger partial charge in [0.2, 0.25) is 5.95 Å². The number of halogens is 1. The van der Waals surface area contributed by atoms with Crippen LogP contribution in [0.25, 0.3) is 0 Å². The predicted octanol–water partition coefficient (Wildman–Crippen LogP) is 2.60. The van der Waals surface area contributed by atoms with Gasteiger partial charge in [-0.25, -0.2) is 14.6 Å². The zero-order valence-electron chi connectivity index (χ0n) is 20.5. The van der Waals surface area contributed by atoms with E-state index < -0.39 is 42.2 Å². The summed E-state index contributed by atoms with van der Waals surface area (Å²) < 4.78 is 5.88. The number of carbonyl (C=O) groups excluding carboxylic acids is 2. The molecule has 11 nitrogen and oxygen atoms in total. The molecule has 0 spiro atoms. The maximum Gasteiger partial charge on any atom is 0.326 e. The van der Waals surface area contributed by atoms with E-state index in [1.807, 2.05) is 6.07 Å². The molecule has 1 fully saturated rings. The van der Waals surface area contributed by atoms with E-state index in [1.165, 1.54) is 6.20 Å². The minimum absolute atomic E-state index is 0.0126. The molecule has 38 heavy (non-hydrogen) atoms. The molecule has 12 heteroatoms. The predicted molar refractivity (Wildman–Crippen MR) is 139 cm³/mol. The van der Waals surface area contributed by atoms with Crippen molar-refractivity contribution in [1.29, 1.82) is 0 Å². The highest BCUT2D eigenvalue weighted by molar-refractivity contribution is 6.30. The van der Waals surface area contributed by atoms with Gasteiger partial charge >= 0.3 is 12.0 Å². The smallest absolute Gasteiger partial charge is 0.326 e. The molecular formula is C26H28ClN5O6. The lowest BCUT2D eigenvalue weighted by Gasteiger charge is -2.28. The van der Waals surface area contributed by atoms with Gasteiger partial charge < -0.3 is 30.2 Å². The average Bonchev–Trinajstić information content (AvgIpc) is 3.49. The van der Waals surface area contributed by atoms with E-state index in [4.69, 9.17) is 16.3 Å². The van der Waals surface area contributed by atoms with E-state index >= 15 is 0 Å². The summed E-state index contributed by atoms with van der Waals surface area (Å²) in [4.78, 5) is 46.1. The van der Waals surface area contributed by atoms with Crippen LogP contribution in [0.5, 0.6) is 5.75 Å². The largest absolute Gasteiger partial charge is 0.488 e. The molecule has 2 unspecified atom stereocenters. The fourth-order valence-electron chi connectivity index (χ4n) is 4.27. The van der Waals surface area contributed by atoms with E-state index in [1.54, 1.807) is 55.5 Å². The van der Waals surface area contributed by atoms with Crippen LogP contribution in [0.2, 0.25) is 5.02 Å². The summed E-state index contributed by atoms with van der Waals surface area (Å²) in [6.07, 6.45) is -0.560. The van der Waals surface area contributed by atoms with Crippen molar-refractivity contribution in [3.05, 3.63) is 77.1 Å². The van der Waals surface area contributed by atoms with Crippen LogP contribution in [-0.2, 0) is 16.0 Å². The van der Waals surface area contributed by atoms with Crippen LogP contribution in [-0.4, -0.2) is 73.8 Å². The summed E-state index contributed by atoms with van der Waals surface area (Å²) in [6.45, 7) is 1.75. The third kappa shape index (κ3) is 6.81. The van der Waals surface area contributed by atoms with Gasteiger partial charge in [-0.05, 0) is 37.1 Å². The van der Waals surface area contributed by atoms with Crippen LogP contribution >= 0.6 is 11.6 Å². The van der Waals surface area contributed by atoms with Gasteiger partial charge in [-0.1, -0.05) is 48.0 Å². The highest BCUT2D eigenvalue weighted by Crippen LogP contribution is 2.25. The van der Waals surface area contributed by atoms with Gasteiger partial charge in [0.1, 0.15) is 17.9 Å². The second-order valence-corrected chi connectivity index (χ2v) is 9.47. The Balaban J connectivity index is 1.49. The number of hydrogen-bond donors (Lipinski definition) is 5. The first-order valence-electron chi connectivity index (χ1n) is 12.0. The van der Waals surface area contributed by atoms with Gasteiger partial charge in [-0.2, -0.15) is 0 Å². The third-order valence-corrected chi connectivity index (χ3v) is 6.34. The number of anilines is 1. The van der Waals surface area contributed by atoms with Gasteiger partial charge in [-0.15, -0.1) is 0 Å². The van der Waals surface area contributed by atoms with Crippen molar-refractivity contribution in [3.63, 3.8) is 0 Å². The number of carbonyl (C=O) groups is 3. The third-order valence-electron chi connectivity index (χ3n) is 6.11. The van der Waals surface area contributed by atoms with Crippen molar-refractivity contribution in [2.45, 2.75) is 44.1 Å². The van der Waals surface area contributed by atoms with Gasteiger partial charge in [0.25, 0.3) is 5.91 Å². The average molecular weight is 542 g/mol. The molecule has 1 aromatic heterocycles. The fraction of sp³-hybridized carbons (Fsp3) is 0.308. The van der Waals surface area contributed by atoms with Crippen molar-refractivity contribution in [3.8, 4) is 5.75 Å². The van der Waals surface area contributed by atoms with E-state index in [9.17, 15) is 24.6 Å². The maximum atomic E-state index is 13.3. The molecule has 1 aliphatic heterocycles. The lowest BCUT2D eigenvalue weighted by molar-refractivity contribution is -0.141. The van der Waals surface area contributed by atoms with E-state index in [2.05, 4.69) is 20.6 Å². The summed E-state index contributed by atoms with van der Waals surface area (Å²) in [6, 6.07) is 12.7. The summed E-state index contributed by atoms with van der Waals surface area (Å²) in [5.41, 5.74) is 1.48. The second-order valence-electron chi connectivity index (χ2n) is 9.03. The van der Waals surface area contributed by atoms with Crippen LogP contribution in [0.1, 0.15) is 17.7 Å². The number of aryl methyl sites for hydroxylation is 1. The molecule has 4 atom stereocenters. The number of rotatable bonds is 9. The number of aliphatic hydroxyl groups excluding tert-OH is 1. The molecule has 2 aromatic carbocycles. The number of hydrogen-bond acceptors (Lipinski definition) is 6. The number of urea groups is 1. The zero-order chi connectivity index (χ0) is 27.2. The Morgan fingerprint density at radius 3 is 2.63 bits per heavy atom. The van der Waals surface area contributed by atoms with Gasteiger partial charge in [0.05, 0.1) is 12.6 Å². The molecule has 0 aliphatic carbocycles. The molecule has 3 amide bonds. The molecule has 4 rings (SSSR count). The fourth-order valence-corrected chi connectivity index (χ4v) is 4.46. The normalized spacial score (nSPS) is 18.4.